The zero-order valence-corrected chi connectivity index (χ0v) is 12.1. The van der Waals surface area contributed by atoms with Crippen LogP contribution in [0.3, 0.4) is 0 Å². The lowest BCUT2D eigenvalue weighted by molar-refractivity contribution is -0.0162. The molecule has 0 fully saturated rings. The molecule has 0 aliphatic rings. The Hall–Kier alpha value is -0.770. The van der Waals surface area contributed by atoms with Gasteiger partial charge in [-0.3, -0.25) is 0 Å². The van der Waals surface area contributed by atoms with Crippen molar-refractivity contribution in [3.8, 4) is 5.75 Å². The number of aliphatic hydroxyl groups excluding tert-OH is 1. The van der Waals surface area contributed by atoms with Crippen LogP contribution in [-0.4, -0.2) is 23.9 Å². The first-order valence-corrected chi connectivity index (χ1v) is 6.41. The predicted octanol–water partition coefficient (Wildman–Crippen LogP) is 3.59. The third kappa shape index (κ3) is 5.25. The lowest BCUT2D eigenvalue weighted by atomic mass is 10.1. The van der Waals surface area contributed by atoms with Gasteiger partial charge in [-0.15, -0.1) is 0 Å². The van der Waals surface area contributed by atoms with Gasteiger partial charge in [0.1, 0.15) is 12.4 Å². The Labute approximate surface area is 114 Å². The summed E-state index contributed by atoms with van der Waals surface area (Å²) in [7, 11) is 0. The normalized spacial score (nSPS) is 13.4. The minimum Gasteiger partial charge on any atom is -0.490 e. The maximum absolute atomic E-state index is 9.42. The van der Waals surface area contributed by atoms with E-state index in [4.69, 9.17) is 21.1 Å². The van der Waals surface area contributed by atoms with Gasteiger partial charge in [0.15, 0.2) is 0 Å². The molecule has 0 aliphatic carbocycles. The van der Waals surface area contributed by atoms with E-state index in [9.17, 15) is 5.11 Å². The van der Waals surface area contributed by atoms with Gasteiger partial charge in [0.2, 0.25) is 0 Å². The highest BCUT2D eigenvalue weighted by atomic mass is 35.5. The standard InChI is InChI=1S/C14H21ClO3/c1-10(16)11-5-6-13(12(15)9-11)17-7-8-18-14(2,3)4/h5-6,9-10,16H,7-8H2,1-4H3. The molecule has 0 aromatic heterocycles. The lowest BCUT2D eigenvalue weighted by Crippen LogP contribution is -2.22. The van der Waals surface area contributed by atoms with E-state index < -0.39 is 6.10 Å². The van der Waals surface area contributed by atoms with Crippen molar-refractivity contribution in [1.82, 2.24) is 0 Å². The molecule has 0 saturated carbocycles. The molecule has 0 amide bonds. The average Bonchev–Trinajstić information content (AvgIpc) is 2.24. The summed E-state index contributed by atoms with van der Waals surface area (Å²) in [6.45, 7) is 8.65. The second-order valence-corrected chi connectivity index (χ2v) is 5.58. The van der Waals surface area contributed by atoms with Crippen molar-refractivity contribution >= 4 is 11.6 Å². The van der Waals surface area contributed by atoms with E-state index in [1.165, 1.54) is 0 Å². The van der Waals surface area contributed by atoms with Crippen LogP contribution in [0.15, 0.2) is 18.2 Å². The van der Waals surface area contributed by atoms with Gasteiger partial charge in [-0.05, 0) is 45.4 Å². The van der Waals surface area contributed by atoms with Crippen LogP contribution in [0.4, 0.5) is 0 Å². The Morgan fingerprint density at radius 3 is 2.44 bits per heavy atom. The van der Waals surface area contributed by atoms with Gasteiger partial charge in [0.25, 0.3) is 0 Å². The molecule has 0 radical (unpaired) electrons. The molecule has 1 aromatic carbocycles. The smallest absolute Gasteiger partial charge is 0.138 e. The highest BCUT2D eigenvalue weighted by molar-refractivity contribution is 6.32. The summed E-state index contributed by atoms with van der Waals surface area (Å²) in [5.74, 6) is 0.610. The van der Waals surface area contributed by atoms with Gasteiger partial charge in [-0.25, -0.2) is 0 Å². The number of rotatable bonds is 5. The number of halogens is 1. The molecule has 1 rings (SSSR count). The Morgan fingerprint density at radius 2 is 1.94 bits per heavy atom. The molecule has 0 aliphatic heterocycles. The SMILES string of the molecule is CC(O)c1ccc(OCCOC(C)(C)C)c(Cl)c1. The molecule has 18 heavy (non-hydrogen) atoms. The van der Waals surface area contributed by atoms with Crippen molar-refractivity contribution in [2.24, 2.45) is 0 Å². The average molecular weight is 273 g/mol. The van der Waals surface area contributed by atoms with Crippen LogP contribution in [-0.2, 0) is 4.74 Å². The molecule has 0 bridgehead atoms. The first-order chi connectivity index (χ1) is 8.29. The van der Waals surface area contributed by atoms with E-state index in [0.29, 0.717) is 24.0 Å². The number of ether oxygens (including phenoxy) is 2. The van der Waals surface area contributed by atoms with Crippen LogP contribution < -0.4 is 4.74 Å². The molecule has 1 N–H and O–H groups in total. The first-order valence-electron chi connectivity index (χ1n) is 6.04. The summed E-state index contributed by atoms with van der Waals surface area (Å²) in [5, 5.41) is 9.93. The van der Waals surface area contributed by atoms with Crippen molar-refractivity contribution in [2.75, 3.05) is 13.2 Å². The van der Waals surface area contributed by atoms with Crippen molar-refractivity contribution in [3.63, 3.8) is 0 Å². The van der Waals surface area contributed by atoms with Crippen LogP contribution in [0, 0.1) is 0 Å². The van der Waals surface area contributed by atoms with Gasteiger partial charge in [0.05, 0.1) is 23.3 Å². The van der Waals surface area contributed by atoms with Gasteiger partial charge in [-0.2, -0.15) is 0 Å². The van der Waals surface area contributed by atoms with Crippen LogP contribution in [0.5, 0.6) is 5.75 Å². The maximum Gasteiger partial charge on any atom is 0.138 e. The van der Waals surface area contributed by atoms with Gasteiger partial charge in [-0.1, -0.05) is 17.7 Å². The molecule has 102 valence electrons. The summed E-state index contributed by atoms with van der Waals surface area (Å²) in [6, 6.07) is 5.28. The van der Waals surface area contributed by atoms with Crippen LogP contribution in [0.2, 0.25) is 5.02 Å². The van der Waals surface area contributed by atoms with Crippen molar-refractivity contribution in [1.29, 1.82) is 0 Å². The summed E-state index contributed by atoms with van der Waals surface area (Å²) >= 11 is 6.07. The maximum atomic E-state index is 9.42. The second-order valence-electron chi connectivity index (χ2n) is 5.18. The summed E-state index contributed by atoms with van der Waals surface area (Å²) in [6.07, 6.45) is -0.527. The zero-order valence-electron chi connectivity index (χ0n) is 11.4. The number of hydrogen-bond donors (Lipinski definition) is 1. The van der Waals surface area contributed by atoms with E-state index >= 15 is 0 Å². The second kappa shape index (κ2) is 6.41. The fraction of sp³-hybridized carbons (Fsp3) is 0.571. The Morgan fingerprint density at radius 1 is 1.28 bits per heavy atom. The quantitative estimate of drug-likeness (QED) is 0.833. The zero-order chi connectivity index (χ0) is 13.8. The first kappa shape index (κ1) is 15.3. The molecule has 4 heteroatoms. The van der Waals surface area contributed by atoms with Crippen molar-refractivity contribution < 1.29 is 14.6 Å². The predicted molar refractivity (Wildman–Crippen MR) is 73.3 cm³/mol. The lowest BCUT2D eigenvalue weighted by Gasteiger charge is -2.19. The third-order valence-corrected chi connectivity index (χ3v) is 2.61. The molecule has 1 aromatic rings. The fourth-order valence-corrected chi connectivity index (χ4v) is 1.64. The van der Waals surface area contributed by atoms with Gasteiger partial charge < -0.3 is 14.6 Å². The Bertz CT molecular complexity index is 383. The number of hydrogen-bond acceptors (Lipinski definition) is 3. The van der Waals surface area contributed by atoms with Gasteiger partial charge >= 0.3 is 0 Å². The van der Waals surface area contributed by atoms with E-state index in [1.54, 1.807) is 25.1 Å². The van der Waals surface area contributed by atoms with E-state index in [-0.39, 0.29) is 5.60 Å². The van der Waals surface area contributed by atoms with Crippen LogP contribution >= 0.6 is 11.6 Å². The summed E-state index contributed by atoms with van der Waals surface area (Å²) in [5.41, 5.74) is 0.613. The fourth-order valence-electron chi connectivity index (χ4n) is 1.39. The van der Waals surface area contributed by atoms with Crippen molar-refractivity contribution in [3.05, 3.63) is 28.8 Å². The highest BCUT2D eigenvalue weighted by Gasteiger charge is 2.10. The van der Waals surface area contributed by atoms with E-state index in [2.05, 4.69) is 0 Å². The minimum absolute atomic E-state index is 0.163. The largest absolute Gasteiger partial charge is 0.490 e. The topological polar surface area (TPSA) is 38.7 Å². The van der Waals surface area contributed by atoms with Crippen LogP contribution in [0.25, 0.3) is 0 Å². The van der Waals surface area contributed by atoms with E-state index in [1.807, 2.05) is 20.8 Å². The molecule has 3 nitrogen and oxygen atoms in total. The molecule has 0 heterocycles. The molecule has 1 unspecified atom stereocenters. The third-order valence-electron chi connectivity index (χ3n) is 2.31. The number of benzene rings is 1. The molecular weight excluding hydrogens is 252 g/mol. The van der Waals surface area contributed by atoms with Crippen molar-refractivity contribution in [2.45, 2.75) is 39.4 Å². The molecule has 0 saturated heterocycles. The summed E-state index contributed by atoms with van der Waals surface area (Å²) in [4.78, 5) is 0. The molecule has 1 atom stereocenters. The highest BCUT2D eigenvalue weighted by Crippen LogP contribution is 2.27. The monoisotopic (exact) mass is 272 g/mol. The molecule has 0 spiro atoms. The van der Waals surface area contributed by atoms with Crippen LogP contribution in [0.1, 0.15) is 39.4 Å². The Kier molecular flexibility index (Phi) is 5.45. The van der Waals surface area contributed by atoms with E-state index in [0.717, 1.165) is 5.56 Å². The van der Waals surface area contributed by atoms with Gasteiger partial charge in [0, 0.05) is 0 Å². The molecular formula is C14H21ClO3. The summed E-state index contributed by atoms with van der Waals surface area (Å²) < 4.78 is 11.1. The minimum atomic E-state index is -0.527. The Balaban J connectivity index is 2.48. The number of aliphatic hydroxyl groups is 1.